The number of nitrogens with zero attached hydrogens (tertiary/aromatic N) is 3. The quantitative estimate of drug-likeness (QED) is 0.846. The van der Waals surface area contributed by atoms with Gasteiger partial charge in [0.25, 0.3) is 0 Å². The van der Waals surface area contributed by atoms with Gasteiger partial charge in [0.05, 0.1) is 11.7 Å². The van der Waals surface area contributed by atoms with Crippen molar-refractivity contribution in [2.24, 2.45) is 18.7 Å². The predicted molar refractivity (Wildman–Crippen MR) is 65.0 cm³/mol. The van der Waals surface area contributed by atoms with Gasteiger partial charge in [0.15, 0.2) is 0 Å². The Kier molecular flexibility index (Phi) is 3.19. The van der Waals surface area contributed by atoms with Crippen LogP contribution >= 0.6 is 0 Å². The number of pyridine rings is 1. The molecule has 0 aromatic carbocycles. The summed E-state index contributed by atoms with van der Waals surface area (Å²) < 4.78 is 2.13. The Morgan fingerprint density at radius 2 is 2.31 bits per heavy atom. The second-order valence-corrected chi connectivity index (χ2v) is 4.17. The molecule has 86 valence electrons. The first-order valence-corrected chi connectivity index (χ1v) is 5.71. The summed E-state index contributed by atoms with van der Waals surface area (Å²) in [5.41, 5.74) is 7.83. The average Bonchev–Trinajstić information content (AvgIpc) is 2.64. The van der Waals surface area contributed by atoms with Crippen molar-refractivity contribution >= 4 is 11.0 Å². The third-order valence-corrected chi connectivity index (χ3v) is 3.16. The Labute approximate surface area is 95.5 Å². The van der Waals surface area contributed by atoms with Crippen molar-refractivity contribution in [2.45, 2.75) is 19.8 Å². The molecule has 2 heterocycles. The minimum atomic E-state index is 0.517. The molecule has 0 aliphatic carbocycles. The summed E-state index contributed by atoms with van der Waals surface area (Å²) >= 11 is 0. The Morgan fingerprint density at radius 1 is 1.50 bits per heavy atom. The number of nitrogens with two attached hydrogens (primary N) is 1. The van der Waals surface area contributed by atoms with Crippen molar-refractivity contribution in [2.75, 3.05) is 6.54 Å². The third kappa shape index (κ3) is 1.93. The van der Waals surface area contributed by atoms with Crippen LogP contribution in [0.4, 0.5) is 0 Å². The maximum Gasteiger partial charge on any atom is 0.109 e. The summed E-state index contributed by atoms with van der Waals surface area (Å²) in [6.07, 6.45) is 5.65. The number of rotatable bonds is 4. The van der Waals surface area contributed by atoms with E-state index >= 15 is 0 Å². The molecule has 0 aliphatic heterocycles. The number of hydrogen-bond donors (Lipinski definition) is 1. The highest BCUT2D eigenvalue weighted by molar-refractivity contribution is 5.74. The van der Waals surface area contributed by atoms with Crippen LogP contribution < -0.4 is 5.73 Å². The van der Waals surface area contributed by atoms with E-state index in [9.17, 15) is 0 Å². The summed E-state index contributed by atoms with van der Waals surface area (Å²) in [7, 11) is 2.05. The van der Waals surface area contributed by atoms with Gasteiger partial charge in [-0.25, -0.2) is 4.98 Å². The van der Waals surface area contributed by atoms with Gasteiger partial charge in [-0.3, -0.25) is 4.98 Å². The molecule has 16 heavy (non-hydrogen) atoms. The first kappa shape index (κ1) is 11.1. The number of aromatic nitrogens is 3. The number of fused-ring (bicyclic) bond motifs is 1. The lowest BCUT2D eigenvalue weighted by Crippen LogP contribution is -2.17. The van der Waals surface area contributed by atoms with Crippen LogP contribution in [-0.4, -0.2) is 21.1 Å². The van der Waals surface area contributed by atoms with E-state index in [2.05, 4.69) is 21.5 Å². The van der Waals surface area contributed by atoms with E-state index in [0.29, 0.717) is 5.92 Å². The van der Waals surface area contributed by atoms with E-state index in [1.54, 1.807) is 6.20 Å². The molecule has 2 aromatic rings. The maximum absolute atomic E-state index is 5.73. The molecule has 0 fully saturated rings. The fourth-order valence-electron chi connectivity index (χ4n) is 1.94. The molecule has 0 saturated carbocycles. The molecule has 2 N–H and O–H groups in total. The smallest absolute Gasteiger partial charge is 0.109 e. The van der Waals surface area contributed by atoms with Crippen LogP contribution in [0.25, 0.3) is 11.0 Å². The fraction of sp³-hybridized carbons (Fsp3) is 0.500. The monoisotopic (exact) mass is 218 g/mol. The molecule has 4 nitrogen and oxygen atoms in total. The fourth-order valence-corrected chi connectivity index (χ4v) is 1.94. The number of aryl methyl sites for hydroxylation is 1. The third-order valence-electron chi connectivity index (χ3n) is 3.16. The van der Waals surface area contributed by atoms with E-state index in [0.717, 1.165) is 36.2 Å². The van der Waals surface area contributed by atoms with E-state index in [-0.39, 0.29) is 0 Å². The summed E-state index contributed by atoms with van der Waals surface area (Å²) in [5, 5.41) is 0. The van der Waals surface area contributed by atoms with Crippen molar-refractivity contribution < 1.29 is 0 Å². The van der Waals surface area contributed by atoms with E-state index in [4.69, 9.17) is 5.73 Å². The van der Waals surface area contributed by atoms with Gasteiger partial charge in [-0.1, -0.05) is 13.3 Å². The zero-order valence-electron chi connectivity index (χ0n) is 9.85. The highest BCUT2D eigenvalue weighted by atomic mass is 15.1. The van der Waals surface area contributed by atoms with Gasteiger partial charge in [0.2, 0.25) is 0 Å². The van der Waals surface area contributed by atoms with Crippen LogP contribution in [-0.2, 0) is 13.5 Å². The highest BCUT2D eigenvalue weighted by Gasteiger charge is 2.12. The molecule has 0 saturated heterocycles. The van der Waals surface area contributed by atoms with Crippen molar-refractivity contribution in [1.29, 1.82) is 0 Å². The van der Waals surface area contributed by atoms with E-state index in [1.807, 2.05) is 19.3 Å². The highest BCUT2D eigenvalue weighted by Crippen LogP contribution is 2.16. The predicted octanol–water partition coefficient (Wildman–Crippen LogP) is 1.50. The summed E-state index contributed by atoms with van der Waals surface area (Å²) in [6, 6.07) is 2.00. The minimum Gasteiger partial charge on any atom is -0.331 e. The topological polar surface area (TPSA) is 56.7 Å². The normalized spacial score (nSPS) is 13.2. The average molecular weight is 218 g/mol. The molecule has 1 atom stereocenters. The second-order valence-electron chi connectivity index (χ2n) is 4.17. The van der Waals surface area contributed by atoms with Crippen LogP contribution in [0.5, 0.6) is 0 Å². The molecular formula is C12H18N4. The summed E-state index contributed by atoms with van der Waals surface area (Å²) in [6.45, 7) is 2.89. The SMILES string of the molecule is CCC(CN)Cc1nc2cnccc2n1C. The van der Waals surface area contributed by atoms with Crippen molar-refractivity contribution in [3.8, 4) is 0 Å². The summed E-state index contributed by atoms with van der Waals surface area (Å²) in [5.74, 6) is 1.61. The molecule has 0 aliphatic rings. The minimum absolute atomic E-state index is 0.517. The molecule has 1 unspecified atom stereocenters. The molecular weight excluding hydrogens is 200 g/mol. The Balaban J connectivity index is 2.34. The Hall–Kier alpha value is -1.42. The second kappa shape index (κ2) is 4.61. The first-order chi connectivity index (χ1) is 7.76. The molecule has 2 aromatic heterocycles. The van der Waals surface area contributed by atoms with Crippen LogP contribution in [0.3, 0.4) is 0 Å². The zero-order chi connectivity index (χ0) is 11.5. The van der Waals surface area contributed by atoms with Crippen LogP contribution in [0.2, 0.25) is 0 Å². The van der Waals surface area contributed by atoms with Crippen molar-refractivity contribution in [3.63, 3.8) is 0 Å². The van der Waals surface area contributed by atoms with Gasteiger partial charge >= 0.3 is 0 Å². The molecule has 0 amide bonds. The Bertz CT molecular complexity index is 471. The zero-order valence-corrected chi connectivity index (χ0v) is 9.85. The standard InChI is InChI=1S/C12H18N4/c1-3-9(7-13)6-12-15-10-8-14-5-4-11(10)16(12)2/h4-5,8-9H,3,6-7,13H2,1-2H3. The Morgan fingerprint density at radius 3 is 2.94 bits per heavy atom. The van der Waals surface area contributed by atoms with Crippen molar-refractivity contribution in [3.05, 3.63) is 24.3 Å². The lowest BCUT2D eigenvalue weighted by molar-refractivity contribution is 0.499. The molecule has 0 radical (unpaired) electrons. The lowest BCUT2D eigenvalue weighted by atomic mass is 10.0. The van der Waals surface area contributed by atoms with E-state index in [1.165, 1.54) is 0 Å². The van der Waals surface area contributed by atoms with Gasteiger partial charge < -0.3 is 10.3 Å². The van der Waals surface area contributed by atoms with Crippen LogP contribution in [0, 0.1) is 5.92 Å². The van der Waals surface area contributed by atoms with E-state index < -0.39 is 0 Å². The molecule has 0 spiro atoms. The molecule has 2 rings (SSSR count). The number of imidazole rings is 1. The van der Waals surface area contributed by atoms with Gasteiger partial charge in [0.1, 0.15) is 11.3 Å². The van der Waals surface area contributed by atoms with Gasteiger partial charge in [-0.05, 0) is 18.5 Å². The van der Waals surface area contributed by atoms with Gasteiger partial charge in [0, 0.05) is 19.7 Å². The van der Waals surface area contributed by atoms with Gasteiger partial charge in [-0.2, -0.15) is 0 Å². The first-order valence-electron chi connectivity index (χ1n) is 5.71. The number of hydrogen-bond acceptors (Lipinski definition) is 3. The molecule has 0 bridgehead atoms. The van der Waals surface area contributed by atoms with Crippen LogP contribution in [0.15, 0.2) is 18.5 Å². The molecule has 4 heteroatoms. The van der Waals surface area contributed by atoms with Crippen LogP contribution in [0.1, 0.15) is 19.2 Å². The summed E-state index contributed by atoms with van der Waals surface area (Å²) in [4.78, 5) is 8.68. The lowest BCUT2D eigenvalue weighted by Gasteiger charge is -2.11. The largest absolute Gasteiger partial charge is 0.331 e. The maximum atomic E-state index is 5.73. The van der Waals surface area contributed by atoms with Gasteiger partial charge in [-0.15, -0.1) is 0 Å². The van der Waals surface area contributed by atoms with Crippen molar-refractivity contribution in [1.82, 2.24) is 14.5 Å².